The van der Waals surface area contributed by atoms with E-state index in [2.05, 4.69) is 67.5 Å². The maximum Gasteiger partial charge on any atom is 0.375 e. The molecule has 0 fully saturated rings. The minimum atomic E-state index is -5.56. The van der Waals surface area contributed by atoms with Gasteiger partial charge in [0.1, 0.15) is 0 Å². The van der Waals surface area contributed by atoms with Crippen LogP contribution in [-0.4, -0.2) is 12.4 Å². The first-order chi connectivity index (χ1) is 16.1. The standard InChI is InChI=1S/C30H34F6.2CH3.Ti/c1-19(18-28(9,29(31,32)33)30(34,35)36)24-13-11-10-12-21(24)14-15-22-16-23(26(3,4)5)17-25(20(22)2)27(6,7)8;;;/h10-13,15-17H,2,9,18H2,1,3-8H3;2*1H3;/q-4;2*-1;. The molecule has 0 saturated carbocycles. The van der Waals surface area contributed by atoms with Crippen molar-refractivity contribution in [3.8, 4) is 0 Å². The topological polar surface area (TPSA) is 0 Å². The van der Waals surface area contributed by atoms with E-state index in [1.165, 1.54) is 13.0 Å². The summed E-state index contributed by atoms with van der Waals surface area (Å²) in [6.45, 7) is 20.6. The van der Waals surface area contributed by atoms with Gasteiger partial charge in [0.05, 0.1) is 0 Å². The molecule has 0 amide bonds. The number of hydrogen-bond donors (Lipinski definition) is 0. The van der Waals surface area contributed by atoms with Gasteiger partial charge in [-0.2, -0.15) is 51.0 Å². The van der Waals surface area contributed by atoms with Crippen molar-refractivity contribution in [3.05, 3.63) is 110 Å². The molecule has 0 atom stereocenters. The van der Waals surface area contributed by atoms with Gasteiger partial charge >= 0.3 is 12.4 Å². The Hall–Kier alpha value is -1.79. The van der Waals surface area contributed by atoms with Crippen LogP contribution in [0.4, 0.5) is 26.3 Å². The maximum absolute atomic E-state index is 13.4. The zero-order valence-corrected chi connectivity index (χ0v) is 26.0. The summed E-state index contributed by atoms with van der Waals surface area (Å²) >= 11 is 0. The van der Waals surface area contributed by atoms with E-state index in [1.54, 1.807) is 24.3 Å². The third-order valence-electron chi connectivity index (χ3n) is 6.38. The van der Waals surface area contributed by atoms with Crippen LogP contribution < -0.4 is 0 Å². The fraction of sp³-hybridized carbons (Fsp3) is 0.406. The zero-order chi connectivity index (χ0) is 27.9. The summed E-state index contributed by atoms with van der Waals surface area (Å²) in [6.07, 6.45) is -7.62. The number of alkyl halides is 6. The van der Waals surface area contributed by atoms with Gasteiger partial charge in [-0.25, -0.2) is 18.1 Å². The molecule has 2 rings (SSSR count). The summed E-state index contributed by atoms with van der Waals surface area (Å²) in [4.78, 5) is 0. The molecule has 0 saturated heterocycles. The van der Waals surface area contributed by atoms with Gasteiger partial charge in [0, 0.05) is 27.1 Å². The van der Waals surface area contributed by atoms with Gasteiger partial charge in [-0.3, -0.25) is 11.1 Å². The van der Waals surface area contributed by atoms with Gasteiger partial charge in [0.25, 0.3) is 0 Å². The van der Waals surface area contributed by atoms with Crippen LogP contribution in [0.25, 0.3) is 6.08 Å². The minimum Gasteiger partial charge on any atom is -0.358 e. The van der Waals surface area contributed by atoms with Crippen molar-refractivity contribution < 1.29 is 48.1 Å². The van der Waals surface area contributed by atoms with Crippen LogP contribution in [0.3, 0.4) is 0 Å². The van der Waals surface area contributed by atoms with E-state index in [0.29, 0.717) is 5.56 Å². The molecular weight excluding hydrogens is 546 g/mol. The van der Waals surface area contributed by atoms with Crippen LogP contribution in [0.5, 0.6) is 0 Å². The monoisotopic (exact) mass is 586 g/mol. The van der Waals surface area contributed by atoms with Crippen molar-refractivity contribution in [1.82, 2.24) is 0 Å². The second kappa shape index (κ2) is 13.3. The molecule has 2 aromatic carbocycles. The first kappa shape index (κ1) is 39.4. The molecule has 0 aliphatic carbocycles. The molecule has 0 aromatic heterocycles. The van der Waals surface area contributed by atoms with Crippen LogP contribution in [0.1, 0.15) is 88.3 Å². The summed E-state index contributed by atoms with van der Waals surface area (Å²) in [5.74, 6) is -0.0789. The molecular formula is C32H40F6Ti-6. The Labute approximate surface area is 247 Å². The molecule has 0 nitrogen and oxygen atoms in total. The molecule has 0 spiro atoms. The van der Waals surface area contributed by atoms with E-state index in [9.17, 15) is 26.3 Å². The van der Waals surface area contributed by atoms with E-state index in [-0.39, 0.29) is 58.9 Å². The smallest absolute Gasteiger partial charge is 0.358 e. The van der Waals surface area contributed by atoms with Crippen LogP contribution in [0.15, 0.2) is 36.4 Å². The fourth-order valence-corrected chi connectivity index (χ4v) is 3.97. The SMILES string of the molecule is [CH2-]c1c(C=[C-]c2ccccc2[C-](C)CC([CH2-])(C(F)(F)F)C(F)(F)F)cc(C(C)(C)C)cc1C(C)(C)C.[CH3-].[CH3-].[Ti]. The normalized spacial score (nSPS) is 12.9. The molecule has 2 aromatic rings. The van der Waals surface area contributed by atoms with E-state index in [4.69, 9.17) is 0 Å². The summed E-state index contributed by atoms with van der Waals surface area (Å²) < 4.78 is 80.6. The van der Waals surface area contributed by atoms with Gasteiger partial charge in [-0.05, 0) is 5.41 Å². The third kappa shape index (κ3) is 8.85. The Morgan fingerprint density at radius 2 is 1.33 bits per heavy atom. The summed E-state index contributed by atoms with van der Waals surface area (Å²) in [5, 5.41) is 0. The van der Waals surface area contributed by atoms with E-state index >= 15 is 0 Å². The summed E-state index contributed by atoms with van der Waals surface area (Å²) in [6, 6.07) is 10.5. The molecule has 220 valence electrons. The molecule has 0 bridgehead atoms. The van der Waals surface area contributed by atoms with Gasteiger partial charge in [-0.1, -0.05) is 71.9 Å². The van der Waals surface area contributed by atoms with Crippen molar-refractivity contribution >= 4 is 6.08 Å². The molecule has 0 unspecified atom stereocenters. The summed E-state index contributed by atoms with van der Waals surface area (Å²) in [5.41, 5.74) is -0.0738. The molecule has 0 aliphatic heterocycles. The van der Waals surface area contributed by atoms with Crippen molar-refractivity contribution in [1.29, 1.82) is 0 Å². The zero-order valence-electron chi connectivity index (χ0n) is 24.4. The van der Waals surface area contributed by atoms with Gasteiger partial charge in [0.15, 0.2) is 0 Å². The average Bonchev–Trinajstić information content (AvgIpc) is 2.69. The molecule has 39 heavy (non-hydrogen) atoms. The Balaban J connectivity index is 0. The number of benzene rings is 2. The number of rotatable bonds is 5. The first-order valence-corrected chi connectivity index (χ1v) is 11.6. The van der Waals surface area contributed by atoms with Crippen LogP contribution in [0, 0.1) is 46.1 Å². The van der Waals surface area contributed by atoms with Crippen LogP contribution in [0.2, 0.25) is 0 Å². The maximum atomic E-state index is 13.4. The molecule has 0 N–H and O–H groups in total. The van der Waals surface area contributed by atoms with Crippen molar-refractivity contribution in [2.75, 3.05) is 0 Å². The fourth-order valence-electron chi connectivity index (χ4n) is 3.97. The van der Waals surface area contributed by atoms with Crippen LogP contribution >= 0.6 is 0 Å². The number of halogens is 6. The Kier molecular flexibility index (Phi) is 13.4. The Morgan fingerprint density at radius 1 is 0.846 bits per heavy atom. The predicted octanol–water partition coefficient (Wildman–Crippen LogP) is 10.5. The van der Waals surface area contributed by atoms with E-state index in [0.717, 1.165) is 22.3 Å². The molecule has 7 heteroatoms. The first-order valence-electron chi connectivity index (χ1n) is 11.6. The quantitative estimate of drug-likeness (QED) is 0.142. The van der Waals surface area contributed by atoms with Crippen molar-refractivity contribution in [3.63, 3.8) is 0 Å². The van der Waals surface area contributed by atoms with Crippen molar-refractivity contribution in [2.45, 2.75) is 78.1 Å². The third-order valence-corrected chi connectivity index (χ3v) is 6.38. The summed E-state index contributed by atoms with van der Waals surface area (Å²) in [7, 11) is 0. The van der Waals surface area contributed by atoms with Crippen LogP contribution in [-0.2, 0) is 32.5 Å². The minimum absolute atomic E-state index is 0. The largest absolute Gasteiger partial charge is 0.375 e. The van der Waals surface area contributed by atoms with E-state index in [1.807, 2.05) is 6.07 Å². The predicted molar refractivity (Wildman–Crippen MR) is 147 cm³/mol. The molecule has 0 aliphatic rings. The Bertz CT molecular complexity index is 1080. The second-order valence-corrected chi connectivity index (χ2v) is 11.5. The molecule has 0 heterocycles. The number of hydrogen-bond acceptors (Lipinski definition) is 0. The van der Waals surface area contributed by atoms with Gasteiger partial charge in [-0.15, -0.1) is 29.3 Å². The second-order valence-electron chi connectivity index (χ2n) is 11.5. The van der Waals surface area contributed by atoms with Gasteiger partial charge < -0.3 is 21.8 Å². The van der Waals surface area contributed by atoms with Gasteiger partial charge in [0.2, 0.25) is 0 Å². The average molecular weight is 587 g/mol. The van der Waals surface area contributed by atoms with E-state index < -0.39 is 24.2 Å². The Morgan fingerprint density at radius 3 is 1.77 bits per heavy atom. The molecule has 0 radical (unpaired) electrons. The van der Waals surface area contributed by atoms with Crippen molar-refractivity contribution in [2.24, 2.45) is 5.41 Å².